The average Bonchev–Trinajstić information content (AvgIpc) is 3.32. The van der Waals surface area contributed by atoms with Crippen LogP contribution in [0.15, 0.2) is 30.6 Å². The number of aryl methyl sites for hydroxylation is 2. The van der Waals surface area contributed by atoms with Gasteiger partial charge in [0, 0.05) is 44.7 Å². The Labute approximate surface area is 183 Å². The number of nitro benzene ring substituents is 1. The van der Waals surface area contributed by atoms with Gasteiger partial charge in [-0.05, 0) is 31.7 Å². The van der Waals surface area contributed by atoms with E-state index in [1.54, 1.807) is 12.3 Å². The van der Waals surface area contributed by atoms with E-state index in [1.165, 1.54) is 23.5 Å². The van der Waals surface area contributed by atoms with Crippen LogP contribution in [0.5, 0.6) is 0 Å². The lowest BCUT2D eigenvalue weighted by Gasteiger charge is -2.33. The molecular weight excluding hydrogens is 416 g/mol. The summed E-state index contributed by atoms with van der Waals surface area (Å²) < 4.78 is 1.89. The number of nitrogens with one attached hydrogen (secondary N) is 1. The van der Waals surface area contributed by atoms with E-state index in [-0.39, 0.29) is 11.3 Å². The third-order valence-electron chi connectivity index (χ3n) is 5.60. The van der Waals surface area contributed by atoms with E-state index in [9.17, 15) is 14.9 Å². The predicted molar refractivity (Wildman–Crippen MR) is 121 cm³/mol. The first kappa shape index (κ1) is 21.0. The van der Waals surface area contributed by atoms with E-state index in [1.807, 2.05) is 24.7 Å². The fourth-order valence-electron chi connectivity index (χ4n) is 3.75. The molecule has 1 aliphatic heterocycles. The Morgan fingerprint density at radius 2 is 2.06 bits per heavy atom. The lowest BCUT2D eigenvalue weighted by Crippen LogP contribution is -2.34. The van der Waals surface area contributed by atoms with Gasteiger partial charge in [0.1, 0.15) is 0 Å². The van der Waals surface area contributed by atoms with Crippen molar-refractivity contribution >= 4 is 33.8 Å². The van der Waals surface area contributed by atoms with Crippen LogP contribution in [0.25, 0.3) is 10.7 Å². The summed E-state index contributed by atoms with van der Waals surface area (Å²) in [4.78, 5) is 35.8. The SMILES string of the molecule is Cc1nc(NC(=O)c2cc([N+](=O)[O-])ccc2N2CCC(C)CC2)sc1-c1nccn1C. The van der Waals surface area contributed by atoms with Crippen molar-refractivity contribution in [2.75, 3.05) is 23.3 Å². The summed E-state index contributed by atoms with van der Waals surface area (Å²) in [5.41, 5.74) is 1.66. The number of nitro groups is 1. The fourth-order valence-corrected chi connectivity index (χ4v) is 4.75. The topological polar surface area (TPSA) is 106 Å². The molecule has 31 heavy (non-hydrogen) atoms. The number of piperidine rings is 1. The summed E-state index contributed by atoms with van der Waals surface area (Å²) in [6.45, 7) is 5.71. The first-order chi connectivity index (χ1) is 14.8. The normalized spacial score (nSPS) is 14.6. The minimum Gasteiger partial charge on any atom is -0.371 e. The number of carbonyl (C=O) groups excluding carboxylic acids is 1. The molecule has 1 amide bonds. The zero-order valence-electron chi connectivity index (χ0n) is 17.7. The third-order valence-corrected chi connectivity index (χ3v) is 6.67. The van der Waals surface area contributed by atoms with Crippen LogP contribution in [-0.2, 0) is 7.05 Å². The monoisotopic (exact) mass is 440 g/mol. The van der Waals surface area contributed by atoms with Crippen LogP contribution < -0.4 is 10.2 Å². The van der Waals surface area contributed by atoms with Crippen molar-refractivity contribution in [3.63, 3.8) is 0 Å². The summed E-state index contributed by atoms with van der Waals surface area (Å²) in [7, 11) is 1.90. The molecule has 3 aromatic rings. The Morgan fingerprint density at radius 3 is 2.71 bits per heavy atom. The molecule has 3 heterocycles. The van der Waals surface area contributed by atoms with E-state index in [4.69, 9.17) is 0 Å². The van der Waals surface area contributed by atoms with Crippen LogP contribution in [0.3, 0.4) is 0 Å². The highest BCUT2D eigenvalue weighted by Crippen LogP contribution is 2.33. The smallest absolute Gasteiger partial charge is 0.270 e. The summed E-state index contributed by atoms with van der Waals surface area (Å²) in [6, 6.07) is 4.48. The molecule has 0 atom stereocenters. The van der Waals surface area contributed by atoms with Crippen molar-refractivity contribution in [2.45, 2.75) is 26.7 Å². The molecule has 0 bridgehead atoms. The van der Waals surface area contributed by atoms with Gasteiger partial charge in [0.25, 0.3) is 11.6 Å². The number of nitrogens with zero attached hydrogens (tertiary/aromatic N) is 5. The quantitative estimate of drug-likeness (QED) is 0.470. The number of imidazole rings is 1. The molecule has 4 rings (SSSR count). The standard InChI is InChI=1S/C21H24N6O3S/c1-13-6-9-26(10-7-13)17-5-4-15(27(29)30)12-16(17)20(28)24-21-23-14(2)18(31-21)19-22-8-11-25(19)3/h4-5,8,11-13H,6-7,9-10H2,1-3H3,(H,23,24,28). The zero-order chi connectivity index (χ0) is 22.1. The van der Waals surface area contributed by atoms with E-state index in [0.717, 1.165) is 42.3 Å². The third kappa shape index (κ3) is 4.29. The molecule has 0 saturated carbocycles. The molecule has 9 nitrogen and oxygen atoms in total. The molecule has 0 spiro atoms. The van der Waals surface area contributed by atoms with Gasteiger partial charge >= 0.3 is 0 Å². The Balaban J connectivity index is 1.64. The molecule has 2 aromatic heterocycles. The van der Waals surface area contributed by atoms with Crippen LogP contribution in [0.2, 0.25) is 0 Å². The van der Waals surface area contributed by atoms with Crippen molar-refractivity contribution in [3.05, 3.63) is 52.0 Å². The molecule has 0 aliphatic carbocycles. The number of thiazole rings is 1. The average molecular weight is 441 g/mol. The minimum atomic E-state index is -0.481. The second-order valence-corrected chi connectivity index (χ2v) is 8.88. The number of hydrogen-bond acceptors (Lipinski definition) is 7. The van der Waals surface area contributed by atoms with Crippen LogP contribution in [-0.4, -0.2) is 38.5 Å². The summed E-state index contributed by atoms with van der Waals surface area (Å²) in [6.07, 6.45) is 5.61. The summed E-state index contributed by atoms with van der Waals surface area (Å²) in [5.74, 6) is 1.00. The van der Waals surface area contributed by atoms with Gasteiger partial charge in [0.05, 0.1) is 26.7 Å². The molecule has 0 radical (unpaired) electrons. The summed E-state index contributed by atoms with van der Waals surface area (Å²) in [5, 5.41) is 14.6. The van der Waals surface area contributed by atoms with Gasteiger partial charge < -0.3 is 9.47 Å². The number of benzene rings is 1. The van der Waals surface area contributed by atoms with Gasteiger partial charge in [0.15, 0.2) is 11.0 Å². The van der Waals surface area contributed by atoms with Crippen LogP contribution in [0.1, 0.15) is 35.8 Å². The van der Waals surface area contributed by atoms with Crippen molar-refractivity contribution in [1.82, 2.24) is 14.5 Å². The molecule has 1 aliphatic rings. The molecule has 1 N–H and O–H groups in total. The first-order valence-electron chi connectivity index (χ1n) is 10.1. The number of rotatable bonds is 5. The van der Waals surface area contributed by atoms with Gasteiger partial charge in [-0.25, -0.2) is 9.97 Å². The first-order valence-corrected chi connectivity index (χ1v) is 10.9. The number of non-ortho nitro benzene ring substituents is 1. The molecule has 162 valence electrons. The van der Waals surface area contributed by atoms with Crippen molar-refractivity contribution < 1.29 is 9.72 Å². The summed E-state index contributed by atoms with van der Waals surface area (Å²) >= 11 is 1.33. The van der Waals surface area contributed by atoms with Crippen LogP contribution in [0.4, 0.5) is 16.5 Å². The highest BCUT2D eigenvalue weighted by Gasteiger charge is 2.24. The number of hydrogen-bond donors (Lipinski definition) is 1. The number of anilines is 2. The maximum absolute atomic E-state index is 13.2. The van der Waals surface area contributed by atoms with E-state index in [0.29, 0.717) is 16.7 Å². The molecule has 0 unspecified atom stereocenters. The van der Waals surface area contributed by atoms with Gasteiger partial charge in [-0.2, -0.15) is 0 Å². The number of carbonyl (C=O) groups is 1. The molecule has 1 saturated heterocycles. The molecule has 1 fully saturated rings. The van der Waals surface area contributed by atoms with Crippen LogP contribution >= 0.6 is 11.3 Å². The number of amides is 1. The highest BCUT2D eigenvalue weighted by atomic mass is 32.1. The largest absolute Gasteiger partial charge is 0.371 e. The Kier molecular flexibility index (Phi) is 5.73. The van der Waals surface area contributed by atoms with Gasteiger partial charge in [-0.15, -0.1) is 0 Å². The molecule has 1 aromatic carbocycles. The predicted octanol–water partition coefficient (Wildman–Crippen LogP) is 4.25. The van der Waals surface area contributed by atoms with Crippen molar-refractivity contribution in [3.8, 4) is 10.7 Å². The van der Waals surface area contributed by atoms with Crippen LogP contribution in [0, 0.1) is 23.0 Å². The van der Waals surface area contributed by atoms with E-state index >= 15 is 0 Å². The minimum absolute atomic E-state index is 0.108. The van der Waals surface area contributed by atoms with E-state index in [2.05, 4.69) is 27.1 Å². The van der Waals surface area contributed by atoms with Gasteiger partial charge in [0.2, 0.25) is 0 Å². The second kappa shape index (κ2) is 8.46. The van der Waals surface area contributed by atoms with E-state index < -0.39 is 10.8 Å². The second-order valence-electron chi connectivity index (χ2n) is 7.88. The van der Waals surface area contributed by atoms with Crippen molar-refractivity contribution in [1.29, 1.82) is 0 Å². The molecule has 10 heteroatoms. The lowest BCUT2D eigenvalue weighted by atomic mass is 9.98. The molecular formula is C21H24N6O3S. The maximum Gasteiger partial charge on any atom is 0.270 e. The number of aromatic nitrogens is 3. The van der Waals surface area contributed by atoms with Crippen molar-refractivity contribution in [2.24, 2.45) is 13.0 Å². The Morgan fingerprint density at radius 1 is 1.32 bits per heavy atom. The Bertz CT molecular complexity index is 1130. The fraction of sp³-hybridized carbons (Fsp3) is 0.381. The van der Waals surface area contributed by atoms with Gasteiger partial charge in [-0.3, -0.25) is 20.2 Å². The zero-order valence-corrected chi connectivity index (χ0v) is 18.5. The lowest BCUT2D eigenvalue weighted by molar-refractivity contribution is -0.384. The maximum atomic E-state index is 13.2. The highest BCUT2D eigenvalue weighted by molar-refractivity contribution is 7.19. The van der Waals surface area contributed by atoms with Gasteiger partial charge in [-0.1, -0.05) is 18.3 Å². The Hall–Kier alpha value is -3.27.